The van der Waals surface area contributed by atoms with Gasteiger partial charge in [0.25, 0.3) is 0 Å². The van der Waals surface area contributed by atoms with Crippen molar-refractivity contribution in [1.29, 1.82) is 0 Å². The summed E-state index contributed by atoms with van der Waals surface area (Å²) < 4.78 is 0. The molecule has 1 aliphatic rings. The number of rotatable bonds is 4. The first-order valence-corrected chi connectivity index (χ1v) is 8.48. The Morgan fingerprint density at radius 2 is 1.86 bits per heavy atom. The van der Waals surface area contributed by atoms with E-state index in [9.17, 15) is 0 Å². The van der Waals surface area contributed by atoms with Gasteiger partial charge in [-0.2, -0.15) is 0 Å². The number of aryl methyl sites for hydroxylation is 3. The first-order chi connectivity index (χ1) is 9.95. The fourth-order valence-corrected chi connectivity index (χ4v) is 3.63. The summed E-state index contributed by atoms with van der Waals surface area (Å²) in [6, 6.07) is 5.30. The van der Waals surface area contributed by atoms with Gasteiger partial charge in [-0.25, -0.2) is 0 Å². The molecule has 21 heavy (non-hydrogen) atoms. The normalized spacial score (nSPS) is 20.8. The fourth-order valence-electron chi connectivity index (χ4n) is 3.63. The summed E-state index contributed by atoms with van der Waals surface area (Å²) in [6.45, 7) is 16.0. The fraction of sp³-hybridized carbons (Fsp3) is 0.684. The van der Waals surface area contributed by atoms with E-state index in [4.69, 9.17) is 0 Å². The predicted molar refractivity (Wildman–Crippen MR) is 91.8 cm³/mol. The van der Waals surface area contributed by atoms with Crippen LogP contribution in [0.2, 0.25) is 0 Å². The van der Waals surface area contributed by atoms with Gasteiger partial charge in [0.2, 0.25) is 0 Å². The van der Waals surface area contributed by atoms with Gasteiger partial charge in [0.15, 0.2) is 0 Å². The van der Waals surface area contributed by atoms with Crippen LogP contribution in [0.15, 0.2) is 12.1 Å². The summed E-state index contributed by atoms with van der Waals surface area (Å²) >= 11 is 0. The Morgan fingerprint density at radius 1 is 1.19 bits per heavy atom. The molecule has 0 amide bonds. The van der Waals surface area contributed by atoms with Gasteiger partial charge in [0.1, 0.15) is 0 Å². The molecule has 2 heteroatoms. The molecule has 1 aliphatic heterocycles. The highest BCUT2D eigenvalue weighted by Crippen LogP contribution is 2.20. The van der Waals surface area contributed by atoms with Crippen molar-refractivity contribution in [2.75, 3.05) is 19.6 Å². The average molecular weight is 288 g/mol. The van der Waals surface area contributed by atoms with Crippen LogP contribution in [0.1, 0.15) is 48.9 Å². The van der Waals surface area contributed by atoms with E-state index in [0.29, 0.717) is 6.04 Å². The Kier molecular flexibility index (Phi) is 5.83. The number of hydrogen-bond acceptors (Lipinski definition) is 2. The van der Waals surface area contributed by atoms with Crippen molar-refractivity contribution in [3.63, 3.8) is 0 Å². The van der Waals surface area contributed by atoms with Crippen molar-refractivity contribution in [1.82, 2.24) is 10.2 Å². The second kappa shape index (κ2) is 7.42. The number of hydrogen-bond donors (Lipinski definition) is 1. The van der Waals surface area contributed by atoms with Crippen molar-refractivity contribution in [3.05, 3.63) is 34.4 Å². The zero-order valence-electron chi connectivity index (χ0n) is 14.5. The van der Waals surface area contributed by atoms with E-state index >= 15 is 0 Å². The molecule has 1 aromatic carbocycles. The summed E-state index contributed by atoms with van der Waals surface area (Å²) in [7, 11) is 0. The smallest absolute Gasteiger partial charge is 0.0239 e. The Morgan fingerprint density at radius 3 is 2.48 bits per heavy atom. The third kappa shape index (κ3) is 4.82. The predicted octanol–water partition coefficient (Wildman–Crippen LogP) is 3.82. The van der Waals surface area contributed by atoms with E-state index < -0.39 is 0 Å². The Balaban J connectivity index is 2.07. The van der Waals surface area contributed by atoms with E-state index in [1.54, 1.807) is 0 Å². The number of benzene rings is 1. The van der Waals surface area contributed by atoms with Crippen LogP contribution in [0.5, 0.6) is 0 Å². The van der Waals surface area contributed by atoms with Crippen molar-refractivity contribution in [2.24, 2.45) is 5.92 Å². The molecule has 0 aromatic heterocycles. The average Bonchev–Trinajstić information content (AvgIpc) is 2.58. The monoisotopic (exact) mass is 288 g/mol. The van der Waals surface area contributed by atoms with Crippen molar-refractivity contribution in [3.8, 4) is 0 Å². The van der Waals surface area contributed by atoms with Gasteiger partial charge in [-0.05, 0) is 69.3 Å². The number of nitrogens with one attached hydrogen (secondary N) is 1. The first-order valence-electron chi connectivity index (χ1n) is 8.48. The maximum Gasteiger partial charge on any atom is 0.0239 e. The molecule has 0 spiro atoms. The lowest BCUT2D eigenvalue weighted by molar-refractivity contribution is 0.247. The SMILES string of the molecule is Cc1cc(C)c(CN2CCCNC(CC(C)C)C2)c(C)c1. The summed E-state index contributed by atoms with van der Waals surface area (Å²) in [5, 5.41) is 3.73. The Hall–Kier alpha value is -0.860. The molecule has 118 valence electrons. The van der Waals surface area contributed by atoms with Gasteiger partial charge in [-0.1, -0.05) is 31.5 Å². The molecule has 0 bridgehead atoms. The molecule has 0 radical (unpaired) electrons. The zero-order chi connectivity index (χ0) is 15.4. The summed E-state index contributed by atoms with van der Waals surface area (Å²) in [4.78, 5) is 2.65. The number of nitrogens with zero attached hydrogens (tertiary/aromatic N) is 1. The van der Waals surface area contributed by atoms with Crippen LogP contribution in [0, 0.1) is 26.7 Å². The summed E-state index contributed by atoms with van der Waals surface area (Å²) in [5.41, 5.74) is 5.81. The van der Waals surface area contributed by atoms with Gasteiger partial charge in [0.05, 0.1) is 0 Å². The molecule has 0 saturated carbocycles. The molecule has 0 aliphatic carbocycles. The van der Waals surface area contributed by atoms with Crippen LogP contribution in [-0.2, 0) is 6.54 Å². The van der Waals surface area contributed by atoms with Gasteiger partial charge < -0.3 is 5.32 Å². The molecule has 1 fully saturated rings. The van der Waals surface area contributed by atoms with Crippen molar-refractivity contribution < 1.29 is 0 Å². The van der Waals surface area contributed by atoms with E-state index in [2.05, 4.69) is 57.0 Å². The minimum Gasteiger partial charge on any atom is -0.313 e. The van der Waals surface area contributed by atoms with Crippen LogP contribution in [0.25, 0.3) is 0 Å². The lowest BCUT2D eigenvalue weighted by Crippen LogP contribution is -2.38. The van der Waals surface area contributed by atoms with Crippen molar-refractivity contribution in [2.45, 2.75) is 60.0 Å². The maximum absolute atomic E-state index is 3.73. The molecule has 1 heterocycles. The van der Waals surface area contributed by atoms with E-state index in [0.717, 1.165) is 12.5 Å². The highest BCUT2D eigenvalue weighted by Gasteiger charge is 2.19. The molecule has 1 unspecified atom stereocenters. The first kappa shape index (κ1) is 16.5. The topological polar surface area (TPSA) is 15.3 Å². The van der Waals surface area contributed by atoms with Gasteiger partial charge in [0, 0.05) is 19.1 Å². The van der Waals surface area contributed by atoms with Gasteiger partial charge in [-0.15, -0.1) is 0 Å². The van der Waals surface area contributed by atoms with Crippen LogP contribution in [0.4, 0.5) is 0 Å². The minimum atomic E-state index is 0.651. The molecule has 1 saturated heterocycles. The van der Waals surface area contributed by atoms with Gasteiger partial charge >= 0.3 is 0 Å². The largest absolute Gasteiger partial charge is 0.313 e. The second-order valence-corrected chi connectivity index (χ2v) is 7.25. The zero-order valence-corrected chi connectivity index (χ0v) is 14.5. The highest BCUT2D eigenvalue weighted by molar-refractivity contribution is 5.37. The summed E-state index contributed by atoms with van der Waals surface area (Å²) in [6.07, 6.45) is 2.54. The van der Waals surface area contributed by atoms with Crippen molar-refractivity contribution >= 4 is 0 Å². The molecule has 2 rings (SSSR count). The van der Waals surface area contributed by atoms with Crippen LogP contribution >= 0.6 is 0 Å². The summed E-state index contributed by atoms with van der Waals surface area (Å²) in [5.74, 6) is 0.769. The van der Waals surface area contributed by atoms with E-state index in [1.807, 2.05) is 0 Å². The van der Waals surface area contributed by atoms with Crippen LogP contribution in [-0.4, -0.2) is 30.6 Å². The molecule has 1 N–H and O–H groups in total. The third-order valence-electron chi connectivity index (χ3n) is 4.54. The molecular formula is C19H32N2. The van der Waals surface area contributed by atoms with Crippen LogP contribution < -0.4 is 5.32 Å². The second-order valence-electron chi connectivity index (χ2n) is 7.25. The van der Waals surface area contributed by atoms with E-state index in [-0.39, 0.29) is 0 Å². The molecule has 1 aromatic rings. The highest BCUT2D eigenvalue weighted by atomic mass is 15.2. The van der Waals surface area contributed by atoms with Crippen LogP contribution in [0.3, 0.4) is 0 Å². The lowest BCUT2D eigenvalue weighted by atomic mass is 9.98. The van der Waals surface area contributed by atoms with Gasteiger partial charge in [-0.3, -0.25) is 4.90 Å². The quantitative estimate of drug-likeness (QED) is 0.906. The molecular weight excluding hydrogens is 256 g/mol. The Bertz CT molecular complexity index is 442. The standard InChI is InChI=1S/C19H32N2/c1-14(2)9-18-12-21(8-6-7-20-18)13-19-16(4)10-15(3)11-17(19)5/h10-11,14,18,20H,6-9,12-13H2,1-5H3. The maximum atomic E-state index is 3.73. The Labute approximate surface area is 130 Å². The third-order valence-corrected chi connectivity index (χ3v) is 4.54. The molecule has 2 nitrogen and oxygen atoms in total. The molecule has 1 atom stereocenters. The van der Waals surface area contributed by atoms with E-state index in [1.165, 1.54) is 54.7 Å². The lowest BCUT2D eigenvalue weighted by Gasteiger charge is -2.27. The minimum absolute atomic E-state index is 0.651.